The van der Waals surface area contributed by atoms with Crippen LogP contribution in [0.4, 0.5) is 0 Å². The molecule has 3 rings (SSSR count). The summed E-state index contributed by atoms with van der Waals surface area (Å²) in [6.07, 6.45) is 1.30. The van der Waals surface area contributed by atoms with E-state index in [2.05, 4.69) is 5.32 Å². The largest absolute Gasteiger partial charge is 0.423 e. The third-order valence-corrected chi connectivity index (χ3v) is 3.66. The molecule has 1 aliphatic heterocycles. The van der Waals surface area contributed by atoms with Gasteiger partial charge < -0.3 is 14.5 Å². The Morgan fingerprint density at radius 3 is 3.00 bits per heavy atom. The van der Waals surface area contributed by atoms with Crippen LogP contribution in [-0.4, -0.2) is 18.6 Å². The normalized spacial score (nSPS) is 18.0. The molecule has 1 saturated heterocycles. The Hall–Kier alpha value is -2.14. The van der Waals surface area contributed by atoms with Crippen molar-refractivity contribution < 1.29 is 13.9 Å². The molecule has 1 N–H and O–H groups in total. The third kappa shape index (κ3) is 2.97. The summed E-state index contributed by atoms with van der Waals surface area (Å²) in [7, 11) is 0. The number of carbonyl (C=O) groups excluding carboxylic acids is 1. The highest BCUT2D eigenvalue weighted by molar-refractivity contribution is 5.83. The number of fused-ring (bicyclic) bond motifs is 1. The molecule has 1 atom stereocenters. The maximum atomic E-state index is 12.0. The van der Waals surface area contributed by atoms with Crippen molar-refractivity contribution >= 4 is 16.9 Å². The number of amides is 1. The molecule has 1 aromatic heterocycles. The van der Waals surface area contributed by atoms with Gasteiger partial charge in [0.1, 0.15) is 11.7 Å². The number of aryl methyl sites for hydroxylation is 1. The lowest BCUT2D eigenvalue weighted by Crippen LogP contribution is -2.33. The fourth-order valence-corrected chi connectivity index (χ4v) is 2.56. The molecule has 5 nitrogen and oxygen atoms in total. The number of benzene rings is 1. The topological polar surface area (TPSA) is 68.5 Å². The minimum Gasteiger partial charge on any atom is -0.423 e. The molecular formula is C16H17NO4. The first-order chi connectivity index (χ1) is 10.1. The Morgan fingerprint density at radius 2 is 2.24 bits per heavy atom. The first kappa shape index (κ1) is 13.8. The van der Waals surface area contributed by atoms with Gasteiger partial charge in [-0.3, -0.25) is 4.79 Å². The molecule has 5 heteroatoms. The molecule has 2 aromatic rings. The Morgan fingerprint density at radius 1 is 1.38 bits per heavy atom. The average Bonchev–Trinajstić information content (AvgIpc) is 2.97. The molecular weight excluding hydrogens is 270 g/mol. The van der Waals surface area contributed by atoms with E-state index >= 15 is 0 Å². The van der Waals surface area contributed by atoms with E-state index < -0.39 is 5.63 Å². The molecule has 0 spiro atoms. The van der Waals surface area contributed by atoms with Crippen molar-refractivity contribution in [1.82, 2.24) is 5.32 Å². The maximum absolute atomic E-state index is 12.0. The Labute approximate surface area is 121 Å². The van der Waals surface area contributed by atoms with Gasteiger partial charge in [-0.15, -0.1) is 0 Å². The first-order valence-electron chi connectivity index (χ1n) is 7.06. The van der Waals surface area contributed by atoms with E-state index in [9.17, 15) is 9.59 Å². The number of carbonyl (C=O) groups is 1. The Balaban J connectivity index is 1.83. The van der Waals surface area contributed by atoms with Gasteiger partial charge in [0.25, 0.3) is 0 Å². The average molecular weight is 287 g/mol. The maximum Gasteiger partial charge on any atom is 0.336 e. The zero-order valence-electron chi connectivity index (χ0n) is 11.8. The number of ether oxygens (including phenoxy) is 1. The summed E-state index contributed by atoms with van der Waals surface area (Å²) < 4.78 is 10.5. The molecule has 0 aliphatic carbocycles. The second-order valence-corrected chi connectivity index (χ2v) is 5.31. The highest BCUT2D eigenvalue weighted by Gasteiger charge is 2.23. The van der Waals surface area contributed by atoms with Gasteiger partial charge in [-0.1, -0.05) is 12.1 Å². The van der Waals surface area contributed by atoms with Crippen molar-refractivity contribution in [2.75, 3.05) is 6.61 Å². The van der Waals surface area contributed by atoms with Crippen molar-refractivity contribution in [2.24, 2.45) is 0 Å². The quantitative estimate of drug-likeness (QED) is 0.875. The number of hydrogen-bond acceptors (Lipinski definition) is 4. The molecule has 0 bridgehead atoms. The van der Waals surface area contributed by atoms with Gasteiger partial charge >= 0.3 is 5.63 Å². The van der Waals surface area contributed by atoms with Crippen molar-refractivity contribution in [1.29, 1.82) is 0 Å². The van der Waals surface area contributed by atoms with Crippen LogP contribution in [0.2, 0.25) is 0 Å². The number of hydrogen-bond donors (Lipinski definition) is 1. The van der Waals surface area contributed by atoms with Crippen molar-refractivity contribution in [3.05, 3.63) is 45.8 Å². The molecule has 1 fully saturated rings. The van der Waals surface area contributed by atoms with Gasteiger partial charge in [-0.05, 0) is 37.0 Å². The van der Waals surface area contributed by atoms with E-state index in [0.29, 0.717) is 18.7 Å². The van der Waals surface area contributed by atoms with Gasteiger partial charge in [-0.2, -0.15) is 0 Å². The van der Waals surface area contributed by atoms with E-state index in [-0.39, 0.29) is 12.0 Å². The lowest BCUT2D eigenvalue weighted by molar-refractivity contribution is -0.130. The Bertz CT molecular complexity index is 729. The van der Waals surface area contributed by atoms with Gasteiger partial charge in [0, 0.05) is 24.6 Å². The standard InChI is InChI=1S/C16H17NO4/c1-10-4-5-12-11(8-15(18)21-14(12)7-10)9-17-16(19)13-3-2-6-20-13/h4-5,7-8,13H,2-3,6,9H2,1H3,(H,17,19). The van der Waals surface area contributed by atoms with Crippen LogP contribution in [0.3, 0.4) is 0 Å². The van der Waals surface area contributed by atoms with Crippen LogP contribution in [0.5, 0.6) is 0 Å². The fourth-order valence-electron chi connectivity index (χ4n) is 2.56. The molecule has 1 amide bonds. The zero-order valence-corrected chi connectivity index (χ0v) is 11.8. The van der Waals surface area contributed by atoms with Crippen LogP contribution in [0.15, 0.2) is 33.5 Å². The lowest BCUT2D eigenvalue weighted by atomic mass is 10.1. The summed E-state index contributed by atoms with van der Waals surface area (Å²) in [5, 5.41) is 3.67. The summed E-state index contributed by atoms with van der Waals surface area (Å²) in [5.74, 6) is -0.124. The van der Waals surface area contributed by atoms with Crippen LogP contribution in [0.1, 0.15) is 24.0 Å². The van der Waals surface area contributed by atoms with E-state index in [1.165, 1.54) is 6.07 Å². The first-order valence-corrected chi connectivity index (χ1v) is 7.06. The number of nitrogens with one attached hydrogen (secondary N) is 1. The van der Waals surface area contributed by atoms with E-state index in [0.717, 1.165) is 29.4 Å². The molecule has 1 unspecified atom stereocenters. The molecule has 0 saturated carbocycles. The van der Waals surface area contributed by atoms with Crippen LogP contribution in [0, 0.1) is 6.92 Å². The lowest BCUT2D eigenvalue weighted by Gasteiger charge is -2.11. The predicted molar refractivity (Wildman–Crippen MR) is 78.0 cm³/mol. The summed E-state index contributed by atoms with van der Waals surface area (Å²) in [6, 6.07) is 7.10. The van der Waals surface area contributed by atoms with Crippen LogP contribution in [-0.2, 0) is 16.1 Å². The molecule has 2 heterocycles. The van der Waals surface area contributed by atoms with Gasteiger partial charge in [-0.25, -0.2) is 4.79 Å². The molecule has 21 heavy (non-hydrogen) atoms. The minimum absolute atomic E-state index is 0.124. The molecule has 0 radical (unpaired) electrons. The van der Waals surface area contributed by atoms with Gasteiger partial charge in [0.05, 0.1) is 0 Å². The van der Waals surface area contributed by atoms with Crippen LogP contribution >= 0.6 is 0 Å². The van der Waals surface area contributed by atoms with Gasteiger partial charge in [0.15, 0.2) is 0 Å². The summed E-state index contributed by atoms with van der Waals surface area (Å²) in [5.41, 5.74) is 1.91. The van der Waals surface area contributed by atoms with Crippen molar-refractivity contribution in [3.63, 3.8) is 0 Å². The fraction of sp³-hybridized carbons (Fsp3) is 0.375. The Kier molecular flexibility index (Phi) is 3.75. The zero-order chi connectivity index (χ0) is 14.8. The predicted octanol–water partition coefficient (Wildman–Crippen LogP) is 1.90. The minimum atomic E-state index is -0.408. The number of rotatable bonds is 3. The summed E-state index contributed by atoms with van der Waals surface area (Å²) in [6.45, 7) is 2.87. The van der Waals surface area contributed by atoms with Gasteiger partial charge in [0.2, 0.25) is 5.91 Å². The second-order valence-electron chi connectivity index (χ2n) is 5.31. The van der Waals surface area contributed by atoms with Crippen LogP contribution < -0.4 is 10.9 Å². The van der Waals surface area contributed by atoms with E-state index in [4.69, 9.17) is 9.15 Å². The van der Waals surface area contributed by atoms with Crippen molar-refractivity contribution in [2.45, 2.75) is 32.4 Å². The second kappa shape index (κ2) is 5.69. The smallest absolute Gasteiger partial charge is 0.336 e. The molecule has 1 aromatic carbocycles. The summed E-state index contributed by atoms with van der Waals surface area (Å²) >= 11 is 0. The highest BCUT2D eigenvalue weighted by Crippen LogP contribution is 2.19. The monoisotopic (exact) mass is 287 g/mol. The summed E-state index contributed by atoms with van der Waals surface area (Å²) in [4.78, 5) is 23.6. The van der Waals surface area contributed by atoms with E-state index in [1.807, 2.05) is 25.1 Å². The van der Waals surface area contributed by atoms with Crippen molar-refractivity contribution in [3.8, 4) is 0 Å². The SMILES string of the molecule is Cc1ccc2c(CNC(=O)C3CCCO3)cc(=O)oc2c1. The third-order valence-electron chi connectivity index (χ3n) is 3.66. The molecule has 110 valence electrons. The van der Waals surface area contributed by atoms with Crippen LogP contribution in [0.25, 0.3) is 11.0 Å². The van der Waals surface area contributed by atoms with E-state index in [1.54, 1.807) is 0 Å². The molecule has 1 aliphatic rings. The highest BCUT2D eigenvalue weighted by atomic mass is 16.5.